The van der Waals surface area contributed by atoms with E-state index in [2.05, 4.69) is 10.3 Å². The summed E-state index contributed by atoms with van der Waals surface area (Å²) in [5.74, 6) is -1.32. The van der Waals surface area contributed by atoms with E-state index >= 15 is 0 Å². The third-order valence-electron chi connectivity index (χ3n) is 3.94. The van der Waals surface area contributed by atoms with Crippen LogP contribution in [-0.4, -0.2) is 16.1 Å². The minimum absolute atomic E-state index is 0.180. The van der Waals surface area contributed by atoms with Crippen molar-refractivity contribution < 1.29 is 14.3 Å². The molecule has 2 N–H and O–H groups in total. The maximum Gasteiger partial charge on any atom is 0.335 e. The van der Waals surface area contributed by atoms with E-state index in [4.69, 9.17) is 0 Å². The highest BCUT2D eigenvalue weighted by Gasteiger charge is 2.12. The Balaban J connectivity index is 1.79. The van der Waals surface area contributed by atoms with Gasteiger partial charge in [0.1, 0.15) is 5.82 Å². The number of benzene rings is 3. The predicted molar refractivity (Wildman–Crippen MR) is 102 cm³/mol. The molecule has 4 nitrogen and oxygen atoms in total. The van der Waals surface area contributed by atoms with Crippen LogP contribution in [0.4, 0.5) is 15.2 Å². The lowest BCUT2D eigenvalue weighted by atomic mass is 10.0. The van der Waals surface area contributed by atoms with Crippen LogP contribution in [0.3, 0.4) is 0 Å². The van der Waals surface area contributed by atoms with Gasteiger partial charge in [0.05, 0.1) is 15.8 Å². The van der Waals surface area contributed by atoms with Crippen molar-refractivity contribution in [1.82, 2.24) is 4.98 Å². The molecule has 0 amide bonds. The van der Waals surface area contributed by atoms with E-state index in [0.29, 0.717) is 16.3 Å². The second kappa shape index (κ2) is 6.57. The summed E-state index contributed by atoms with van der Waals surface area (Å²) in [4.78, 5) is 15.8. The molecule has 0 radical (unpaired) electrons. The molecule has 0 aliphatic carbocycles. The number of carboxylic acid groups (broad SMARTS) is 1. The van der Waals surface area contributed by atoms with Crippen LogP contribution in [0, 0.1) is 5.82 Å². The van der Waals surface area contributed by atoms with Crippen molar-refractivity contribution in [1.29, 1.82) is 0 Å². The van der Waals surface area contributed by atoms with Crippen LogP contribution in [0.2, 0.25) is 0 Å². The lowest BCUT2D eigenvalue weighted by Gasteiger charge is -2.11. The number of hydrogen-bond donors (Lipinski definition) is 2. The molecular weight excluding hydrogens is 351 g/mol. The van der Waals surface area contributed by atoms with Crippen LogP contribution < -0.4 is 5.32 Å². The van der Waals surface area contributed by atoms with Crippen LogP contribution in [0.25, 0.3) is 21.3 Å². The summed E-state index contributed by atoms with van der Waals surface area (Å²) < 4.78 is 14.1. The van der Waals surface area contributed by atoms with E-state index < -0.39 is 5.97 Å². The van der Waals surface area contributed by atoms with E-state index in [-0.39, 0.29) is 11.4 Å². The van der Waals surface area contributed by atoms with Gasteiger partial charge in [-0.05, 0) is 35.9 Å². The normalized spacial score (nSPS) is 10.8. The van der Waals surface area contributed by atoms with Crippen molar-refractivity contribution in [3.8, 4) is 11.1 Å². The highest BCUT2D eigenvalue weighted by Crippen LogP contribution is 2.34. The first kappa shape index (κ1) is 16.2. The largest absolute Gasteiger partial charge is 0.478 e. The number of rotatable bonds is 4. The topological polar surface area (TPSA) is 62.2 Å². The van der Waals surface area contributed by atoms with E-state index in [1.54, 1.807) is 24.3 Å². The molecule has 1 heterocycles. The predicted octanol–water partition coefficient (Wildman–Crippen LogP) is 5.54. The molecule has 0 saturated heterocycles. The van der Waals surface area contributed by atoms with E-state index in [1.165, 1.54) is 23.5 Å². The van der Waals surface area contributed by atoms with Crippen LogP contribution >= 0.6 is 11.3 Å². The van der Waals surface area contributed by atoms with Crippen LogP contribution in [0.15, 0.2) is 66.7 Å². The standard InChI is InChI=1S/C20H13FN2O2S/c21-14-7-9-16-18(11-14)26-20(22-16)23-17-10-13(19(24)25)6-8-15(17)12-4-2-1-3-5-12/h1-11H,(H,22,23)(H,24,25). The first-order valence-electron chi connectivity index (χ1n) is 7.86. The molecule has 0 unspecified atom stereocenters. The van der Waals surface area contributed by atoms with Crippen molar-refractivity contribution in [3.05, 3.63) is 78.1 Å². The Labute approximate surface area is 152 Å². The number of nitrogens with one attached hydrogen (secondary N) is 1. The molecule has 3 aromatic carbocycles. The first-order valence-corrected chi connectivity index (χ1v) is 8.68. The maximum absolute atomic E-state index is 13.4. The summed E-state index contributed by atoms with van der Waals surface area (Å²) >= 11 is 1.31. The third kappa shape index (κ3) is 3.14. The zero-order valence-corrected chi connectivity index (χ0v) is 14.3. The minimum Gasteiger partial charge on any atom is -0.478 e. The van der Waals surface area contributed by atoms with Crippen molar-refractivity contribution in [2.75, 3.05) is 5.32 Å². The summed E-state index contributed by atoms with van der Waals surface area (Å²) in [6, 6.07) is 19.0. The number of carbonyl (C=O) groups is 1. The Morgan fingerprint density at radius 2 is 1.85 bits per heavy atom. The summed E-state index contributed by atoms with van der Waals surface area (Å²) in [5, 5.41) is 13.1. The van der Waals surface area contributed by atoms with Gasteiger partial charge in [-0.25, -0.2) is 14.2 Å². The fourth-order valence-electron chi connectivity index (χ4n) is 2.72. The zero-order valence-electron chi connectivity index (χ0n) is 13.4. The van der Waals surface area contributed by atoms with Gasteiger partial charge in [0, 0.05) is 11.3 Å². The van der Waals surface area contributed by atoms with Crippen LogP contribution in [0.5, 0.6) is 0 Å². The first-order chi connectivity index (χ1) is 12.6. The number of hydrogen-bond acceptors (Lipinski definition) is 4. The number of fused-ring (bicyclic) bond motifs is 1. The van der Waals surface area contributed by atoms with E-state index in [0.717, 1.165) is 15.8 Å². The van der Waals surface area contributed by atoms with Gasteiger partial charge in [-0.3, -0.25) is 0 Å². The van der Waals surface area contributed by atoms with Crippen molar-refractivity contribution >= 4 is 38.3 Å². The molecule has 1 aromatic heterocycles. The summed E-state index contributed by atoms with van der Waals surface area (Å²) in [6.07, 6.45) is 0. The number of carboxylic acids is 1. The summed E-state index contributed by atoms with van der Waals surface area (Å²) in [7, 11) is 0. The highest BCUT2D eigenvalue weighted by molar-refractivity contribution is 7.22. The molecule has 26 heavy (non-hydrogen) atoms. The Bertz CT molecular complexity index is 1110. The van der Waals surface area contributed by atoms with E-state index in [9.17, 15) is 14.3 Å². The number of thiazole rings is 1. The maximum atomic E-state index is 13.4. The fourth-order valence-corrected chi connectivity index (χ4v) is 3.62. The van der Waals surface area contributed by atoms with Gasteiger partial charge >= 0.3 is 5.97 Å². The Hall–Kier alpha value is -3.25. The molecule has 0 atom stereocenters. The number of halogens is 1. The molecular formula is C20H13FN2O2S. The number of aromatic nitrogens is 1. The minimum atomic E-state index is -1.00. The third-order valence-corrected chi connectivity index (χ3v) is 4.88. The van der Waals surface area contributed by atoms with Crippen LogP contribution in [-0.2, 0) is 0 Å². The number of nitrogens with zero attached hydrogens (tertiary/aromatic N) is 1. The quantitative estimate of drug-likeness (QED) is 0.499. The van der Waals surface area contributed by atoms with Crippen molar-refractivity contribution in [3.63, 3.8) is 0 Å². The Morgan fingerprint density at radius 1 is 1.04 bits per heavy atom. The average molecular weight is 364 g/mol. The second-order valence-corrected chi connectivity index (χ2v) is 6.72. The molecule has 4 rings (SSSR count). The number of aromatic carboxylic acids is 1. The fraction of sp³-hybridized carbons (Fsp3) is 0. The SMILES string of the molecule is O=C(O)c1ccc(-c2ccccc2)c(Nc2nc3ccc(F)cc3s2)c1. The lowest BCUT2D eigenvalue weighted by molar-refractivity contribution is 0.0697. The van der Waals surface area contributed by atoms with Gasteiger partial charge in [0.2, 0.25) is 0 Å². The Morgan fingerprint density at radius 3 is 2.62 bits per heavy atom. The molecule has 0 fully saturated rings. The van der Waals surface area contributed by atoms with Crippen molar-refractivity contribution in [2.45, 2.75) is 0 Å². The van der Waals surface area contributed by atoms with Crippen molar-refractivity contribution in [2.24, 2.45) is 0 Å². The van der Waals surface area contributed by atoms with Gasteiger partial charge in [0.25, 0.3) is 0 Å². The molecule has 0 spiro atoms. The Kier molecular flexibility index (Phi) is 4.10. The molecule has 0 aliphatic heterocycles. The van der Waals surface area contributed by atoms with Gasteiger partial charge in [-0.15, -0.1) is 0 Å². The molecule has 4 aromatic rings. The van der Waals surface area contributed by atoms with E-state index in [1.807, 2.05) is 30.3 Å². The molecule has 0 bridgehead atoms. The molecule has 0 aliphatic rings. The summed E-state index contributed by atoms with van der Waals surface area (Å²) in [6.45, 7) is 0. The highest BCUT2D eigenvalue weighted by atomic mass is 32.1. The zero-order chi connectivity index (χ0) is 18.1. The molecule has 128 valence electrons. The summed E-state index contributed by atoms with van der Waals surface area (Å²) in [5.41, 5.74) is 3.32. The van der Waals surface area contributed by atoms with Gasteiger partial charge in [-0.2, -0.15) is 0 Å². The average Bonchev–Trinajstić information content (AvgIpc) is 3.03. The van der Waals surface area contributed by atoms with Gasteiger partial charge in [0.15, 0.2) is 5.13 Å². The smallest absolute Gasteiger partial charge is 0.335 e. The van der Waals surface area contributed by atoms with Crippen LogP contribution in [0.1, 0.15) is 10.4 Å². The second-order valence-electron chi connectivity index (χ2n) is 5.69. The van der Waals surface area contributed by atoms with Gasteiger partial charge in [-0.1, -0.05) is 47.7 Å². The molecule has 0 saturated carbocycles. The van der Waals surface area contributed by atoms with Gasteiger partial charge < -0.3 is 10.4 Å². The monoisotopic (exact) mass is 364 g/mol. The lowest BCUT2D eigenvalue weighted by Crippen LogP contribution is -2.00. The number of anilines is 2. The molecule has 6 heteroatoms.